The maximum atomic E-state index is 5.46. The summed E-state index contributed by atoms with van der Waals surface area (Å²) in [5.41, 5.74) is 1.13. The van der Waals surface area contributed by atoms with Crippen LogP contribution in [0.2, 0.25) is 0 Å². The van der Waals surface area contributed by atoms with E-state index in [-0.39, 0.29) is 0 Å². The smallest absolute Gasteiger partial charge is 0.218 e. The van der Waals surface area contributed by atoms with Gasteiger partial charge in [-0.3, -0.25) is 9.88 Å². The molecule has 0 amide bonds. The average molecular weight is 313 g/mol. The van der Waals surface area contributed by atoms with E-state index in [0.717, 1.165) is 37.7 Å². The molecule has 0 aromatic carbocycles. The van der Waals surface area contributed by atoms with E-state index in [1.807, 2.05) is 31.3 Å². The molecule has 3 heterocycles. The third-order valence-corrected chi connectivity index (χ3v) is 4.22. The third kappa shape index (κ3) is 3.76. The summed E-state index contributed by atoms with van der Waals surface area (Å²) >= 11 is 0. The lowest BCUT2D eigenvalue weighted by Gasteiger charge is -2.38. The minimum absolute atomic E-state index is 0.336. The summed E-state index contributed by atoms with van der Waals surface area (Å²) in [7, 11) is 0. The third-order valence-electron chi connectivity index (χ3n) is 4.22. The number of ether oxygens (including phenoxy) is 1. The first-order valence-electron chi connectivity index (χ1n) is 8.12. The predicted molar refractivity (Wildman–Crippen MR) is 89.6 cm³/mol. The van der Waals surface area contributed by atoms with Gasteiger partial charge in [0.05, 0.1) is 12.3 Å². The van der Waals surface area contributed by atoms with Gasteiger partial charge in [0.15, 0.2) is 0 Å². The predicted octanol–water partition coefficient (Wildman–Crippen LogP) is 2.15. The van der Waals surface area contributed by atoms with Crippen LogP contribution < -0.4 is 9.64 Å². The standard InChI is InChI=1S/C17H23N5O/c1-3-23-17-12-16(19-13-20-17)22-10-8-21(9-11-22)14(2)15-6-4-5-7-18-15/h4-7,12-14H,3,8-11H2,1-2H3/t14-/m0/s1. The summed E-state index contributed by atoms with van der Waals surface area (Å²) in [6, 6.07) is 8.35. The van der Waals surface area contributed by atoms with Crippen LogP contribution >= 0.6 is 0 Å². The van der Waals surface area contributed by atoms with Crippen LogP contribution in [-0.4, -0.2) is 52.6 Å². The van der Waals surface area contributed by atoms with Crippen molar-refractivity contribution in [2.24, 2.45) is 0 Å². The largest absolute Gasteiger partial charge is 0.478 e. The molecule has 6 heteroatoms. The molecular weight excluding hydrogens is 290 g/mol. The zero-order valence-electron chi connectivity index (χ0n) is 13.7. The first-order valence-corrected chi connectivity index (χ1v) is 8.12. The molecular formula is C17H23N5O. The number of hydrogen-bond acceptors (Lipinski definition) is 6. The first-order chi connectivity index (χ1) is 11.3. The zero-order valence-corrected chi connectivity index (χ0v) is 13.7. The fourth-order valence-corrected chi connectivity index (χ4v) is 2.88. The molecule has 0 aliphatic carbocycles. The van der Waals surface area contributed by atoms with Gasteiger partial charge in [-0.2, -0.15) is 0 Å². The molecule has 0 saturated carbocycles. The van der Waals surface area contributed by atoms with Crippen molar-refractivity contribution in [3.05, 3.63) is 42.5 Å². The second-order valence-corrected chi connectivity index (χ2v) is 5.60. The molecule has 0 N–H and O–H groups in total. The van der Waals surface area contributed by atoms with Gasteiger partial charge in [0.2, 0.25) is 5.88 Å². The van der Waals surface area contributed by atoms with Crippen molar-refractivity contribution in [1.82, 2.24) is 19.9 Å². The molecule has 23 heavy (non-hydrogen) atoms. The number of hydrogen-bond donors (Lipinski definition) is 0. The van der Waals surface area contributed by atoms with Crippen molar-refractivity contribution in [2.75, 3.05) is 37.7 Å². The highest BCUT2D eigenvalue weighted by Gasteiger charge is 2.23. The molecule has 0 spiro atoms. The maximum Gasteiger partial charge on any atom is 0.218 e. The lowest BCUT2D eigenvalue weighted by molar-refractivity contribution is 0.195. The van der Waals surface area contributed by atoms with E-state index in [0.29, 0.717) is 18.5 Å². The molecule has 6 nitrogen and oxygen atoms in total. The molecule has 0 bridgehead atoms. The highest BCUT2D eigenvalue weighted by molar-refractivity contribution is 5.41. The van der Waals surface area contributed by atoms with Crippen LogP contribution in [0.25, 0.3) is 0 Å². The monoisotopic (exact) mass is 313 g/mol. The van der Waals surface area contributed by atoms with Crippen molar-refractivity contribution in [3.63, 3.8) is 0 Å². The number of pyridine rings is 1. The van der Waals surface area contributed by atoms with Crippen molar-refractivity contribution in [2.45, 2.75) is 19.9 Å². The van der Waals surface area contributed by atoms with E-state index >= 15 is 0 Å². The van der Waals surface area contributed by atoms with E-state index in [4.69, 9.17) is 4.74 Å². The molecule has 2 aromatic heterocycles. The summed E-state index contributed by atoms with van der Waals surface area (Å²) in [6.07, 6.45) is 3.43. The number of rotatable bonds is 5. The van der Waals surface area contributed by atoms with E-state index in [1.165, 1.54) is 0 Å². The normalized spacial score (nSPS) is 17.0. The molecule has 2 aromatic rings. The van der Waals surface area contributed by atoms with Gasteiger partial charge in [0.25, 0.3) is 0 Å². The van der Waals surface area contributed by atoms with Crippen LogP contribution in [-0.2, 0) is 0 Å². The summed E-state index contributed by atoms with van der Waals surface area (Å²) in [5, 5.41) is 0. The summed E-state index contributed by atoms with van der Waals surface area (Å²) in [6.45, 7) is 8.66. The number of anilines is 1. The molecule has 1 atom stereocenters. The fraction of sp³-hybridized carbons (Fsp3) is 0.471. The van der Waals surface area contributed by atoms with Gasteiger partial charge >= 0.3 is 0 Å². The lowest BCUT2D eigenvalue weighted by atomic mass is 10.1. The number of nitrogens with zero attached hydrogens (tertiary/aromatic N) is 5. The average Bonchev–Trinajstić information content (AvgIpc) is 2.62. The van der Waals surface area contributed by atoms with Crippen molar-refractivity contribution < 1.29 is 4.74 Å². The molecule has 122 valence electrons. The quantitative estimate of drug-likeness (QED) is 0.843. The van der Waals surface area contributed by atoms with Gasteiger partial charge in [0.1, 0.15) is 12.1 Å². The lowest BCUT2D eigenvalue weighted by Crippen LogP contribution is -2.47. The van der Waals surface area contributed by atoms with E-state index in [9.17, 15) is 0 Å². The molecule has 1 saturated heterocycles. The Labute approximate surface area is 137 Å². The van der Waals surface area contributed by atoms with Crippen LogP contribution in [0.5, 0.6) is 5.88 Å². The topological polar surface area (TPSA) is 54.4 Å². The van der Waals surface area contributed by atoms with E-state index in [2.05, 4.69) is 37.7 Å². The minimum atomic E-state index is 0.336. The first kappa shape index (κ1) is 15.7. The molecule has 1 fully saturated rings. The zero-order chi connectivity index (χ0) is 16.1. The SMILES string of the molecule is CCOc1cc(N2CCN([C@@H](C)c3ccccn3)CC2)ncn1. The Morgan fingerprint density at radius 1 is 1.13 bits per heavy atom. The van der Waals surface area contributed by atoms with Gasteiger partial charge in [-0.1, -0.05) is 6.07 Å². The molecule has 1 aliphatic heterocycles. The molecule has 1 aliphatic rings. The molecule has 0 radical (unpaired) electrons. The Morgan fingerprint density at radius 2 is 1.96 bits per heavy atom. The molecule has 3 rings (SSSR count). The van der Waals surface area contributed by atoms with Crippen LogP contribution in [0, 0.1) is 0 Å². The van der Waals surface area contributed by atoms with Gasteiger partial charge in [-0.15, -0.1) is 0 Å². The highest BCUT2D eigenvalue weighted by atomic mass is 16.5. The van der Waals surface area contributed by atoms with Gasteiger partial charge in [-0.25, -0.2) is 9.97 Å². The van der Waals surface area contributed by atoms with Gasteiger partial charge in [-0.05, 0) is 26.0 Å². The minimum Gasteiger partial charge on any atom is -0.478 e. The van der Waals surface area contributed by atoms with Crippen molar-refractivity contribution >= 4 is 5.82 Å². The number of piperazine rings is 1. The van der Waals surface area contributed by atoms with Crippen LogP contribution in [0.1, 0.15) is 25.6 Å². The van der Waals surface area contributed by atoms with Crippen LogP contribution in [0.15, 0.2) is 36.8 Å². The van der Waals surface area contributed by atoms with Crippen molar-refractivity contribution in [1.29, 1.82) is 0 Å². The summed E-state index contributed by atoms with van der Waals surface area (Å²) in [5.74, 6) is 1.58. The second-order valence-electron chi connectivity index (χ2n) is 5.60. The Kier molecular flexibility index (Phi) is 5.02. The van der Waals surface area contributed by atoms with E-state index in [1.54, 1.807) is 6.33 Å². The van der Waals surface area contributed by atoms with Crippen LogP contribution in [0.3, 0.4) is 0 Å². The van der Waals surface area contributed by atoms with Gasteiger partial charge in [0, 0.05) is 44.5 Å². The highest BCUT2D eigenvalue weighted by Crippen LogP contribution is 2.22. The maximum absolute atomic E-state index is 5.46. The summed E-state index contributed by atoms with van der Waals surface area (Å²) < 4.78 is 5.46. The number of aromatic nitrogens is 3. The Bertz CT molecular complexity index is 613. The molecule has 0 unspecified atom stereocenters. The Balaban J connectivity index is 1.61. The van der Waals surface area contributed by atoms with Crippen molar-refractivity contribution in [3.8, 4) is 5.88 Å². The van der Waals surface area contributed by atoms with E-state index < -0.39 is 0 Å². The Morgan fingerprint density at radius 3 is 2.65 bits per heavy atom. The fourth-order valence-electron chi connectivity index (χ4n) is 2.88. The summed E-state index contributed by atoms with van der Waals surface area (Å²) in [4.78, 5) is 17.7. The second kappa shape index (κ2) is 7.37. The van der Waals surface area contributed by atoms with Crippen LogP contribution in [0.4, 0.5) is 5.82 Å². The Hall–Kier alpha value is -2.21. The van der Waals surface area contributed by atoms with Gasteiger partial charge < -0.3 is 9.64 Å².